The summed E-state index contributed by atoms with van der Waals surface area (Å²) in [5, 5.41) is 4.05. The molecule has 104 valence electrons. The molecule has 1 aliphatic carbocycles. The first-order chi connectivity index (χ1) is 9.66. The molecule has 1 aromatic carbocycles. The molecule has 5 nitrogen and oxygen atoms in total. The molecule has 1 amide bonds. The van der Waals surface area contributed by atoms with Crippen LogP contribution in [-0.4, -0.2) is 26.6 Å². The predicted octanol–water partition coefficient (Wildman–Crippen LogP) is 1.81. The average molecular weight is 270 g/mol. The molecule has 20 heavy (non-hydrogen) atoms. The van der Waals surface area contributed by atoms with Gasteiger partial charge in [0.1, 0.15) is 5.69 Å². The molecule has 0 radical (unpaired) electrons. The third-order valence-electron chi connectivity index (χ3n) is 3.61. The van der Waals surface area contributed by atoms with Gasteiger partial charge in [-0.05, 0) is 18.4 Å². The molecule has 0 aliphatic heterocycles. The van der Waals surface area contributed by atoms with Crippen LogP contribution in [0.15, 0.2) is 36.5 Å². The zero-order chi connectivity index (χ0) is 14.1. The highest BCUT2D eigenvalue weighted by molar-refractivity contribution is 5.97. The lowest BCUT2D eigenvalue weighted by Gasteiger charge is -2.22. The van der Waals surface area contributed by atoms with Crippen LogP contribution >= 0.6 is 0 Å². The number of hydrogen-bond acceptors (Lipinski definition) is 3. The topological polar surface area (TPSA) is 64.2 Å². The highest BCUT2D eigenvalue weighted by atomic mass is 16.2. The van der Waals surface area contributed by atoms with Crippen LogP contribution in [0.4, 0.5) is 5.69 Å². The van der Waals surface area contributed by atoms with Crippen LogP contribution in [0.5, 0.6) is 0 Å². The summed E-state index contributed by atoms with van der Waals surface area (Å²) in [6.45, 7) is 0.620. The number of carbonyl (C=O) groups is 1. The Morgan fingerprint density at radius 2 is 2.10 bits per heavy atom. The van der Waals surface area contributed by atoms with Crippen LogP contribution in [-0.2, 0) is 13.6 Å². The normalized spacial score (nSPS) is 14.2. The Morgan fingerprint density at radius 3 is 2.65 bits per heavy atom. The summed E-state index contributed by atoms with van der Waals surface area (Å²) in [4.78, 5) is 14.6. The fourth-order valence-electron chi connectivity index (χ4n) is 2.39. The molecular formula is C15H18N4O. The summed E-state index contributed by atoms with van der Waals surface area (Å²) < 4.78 is 1.55. The largest absolute Gasteiger partial charge is 0.396 e. The van der Waals surface area contributed by atoms with Gasteiger partial charge in [-0.25, -0.2) is 0 Å². The van der Waals surface area contributed by atoms with Crippen LogP contribution in [0.2, 0.25) is 0 Å². The van der Waals surface area contributed by atoms with Crippen LogP contribution in [0, 0.1) is 0 Å². The second-order valence-corrected chi connectivity index (χ2v) is 5.22. The van der Waals surface area contributed by atoms with Crippen molar-refractivity contribution in [3.05, 3.63) is 47.8 Å². The maximum absolute atomic E-state index is 12.7. The quantitative estimate of drug-likeness (QED) is 0.921. The fourth-order valence-corrected chi connectivity index (χ4v) is 2.39. The third kappa shape index (κ3) is 2.39. The van der Waals surface area contributed by atoms with E-state index in [9.17, 15) is 4.79 Å². The van der Waals surface area contributed by atoms with E-state index in [1.807, 2.05) is 35.2 Å². The van der Waals surface area contributed by atoms with Crippen molar-refractivity contribution in [2.75, 3.05) is 5.73 Å². The van der Waals surface area contributed by atoms with Crippen LogP contribution < -0.4 is 5.73 Å². The Balaban J connectivity index is 1.86. The van der Waals surface area contributed by atoms with E-state index < -0.39 is 0 Å². The molecular weight excluding hydrogens is 252 g/mol. The summed E-state index contributed by atoms with van der Waals surface area (Å²) in [6, 6.07) is 10.4. The number of carbonyl (C=O) groups excluding carboxylic acids is 1. The maximum Gasteiger partial charge on any atom is 0.274 e. The molecule has 0 saturated heterocycles. The van der Waals surface area contributed by atoms with E-state index in [4.69, 9.17) is 5.73 Å². The molecule has 1 aromatic heterocycles. The summed E-state index contributed by atoms with van der Waals surface area (Å²) in [6.07, 6.45) is 3.66. The van der Waals surface area contributed by atoms with Gasteiger partial charge in [-0.15, -0.1) is 0 Å². The van der Waals surface area contributed by atoms with Gasteiger partial charge < -0.3 is 10.6 Å². The minimum Gasteiger partial charge on any atom is -0.396 e. The van der Waals surface area contributed by atoms with Gasteiger partial charge in [0.2, 0.25) is 0 Å². The third-order valence-corrected chi connectivity index (χ3v) is 3.61. The predicted molar refractivity (Wildman–Crippen MR) is 77.0 cm³/mol. The van der Waals surface area contributed by atoms with Crippen molar-refractivity contribution in [1.82, 2.24) is 14.7 Å². The number of nitrogens with zero attached hydrogens (tertiary/aromatic N) is 3. The van der Waals surface area contributed by atoms with E-state index in [2.05, 4.69) is 5.10 Å². The lowest BCUT2D eigenvalue weighted by Crippen LogP contribution is -2.34. The van der Waals surface area contributed by atoms with Crippen molar-refractivity contribution in [3.63, 3.8) is 0 Å². The van der Waals surface area contributed by atoms with E-state index in [1.165, 1.54) is 6.20 Å². The van der Waals surface area contributed by atoms with Gasteiger partial charge in [0.05, 0.1) is 11.9 Å². The molecule has 0 atom stereocenters. The van der Waals surface area contributed by atoms with Gasteiger partial charge in [0.15, 0.2) is 0 Å². The van der Waals surface area contributed by atoms with Gasteiger partial charge in [0.25, 0.3) is 5.91 Å². The average Bonchev–Trinajstić information content (AvgIpc) is 3.23. The van der Waals surface area contributed by atoms with Crippen molar-refractivity contribution in [1.29, 1.82) is 0 Å². The molecule has 1 heterocycles. The Bertz CT molecular complexity index is 597. The first-order valence-electron chi connectivity index (χ1n) is 6.79. The molecule has 1 aliphatic rings. The molecule has 1 saturated carbocycles. The zero-order valence-electron chi connectivity index (χ0n) is 11.5. The lowest BCUT2D eigenvalue weighted by molar-refractivity contribution is 0.0720. The van der Waals surface area contributed by atoms with Gasteiger partial charge in [-0.1, -0.05) is 30.3 Å². The smallest absolute Gasteiger partial charge is 0.274 e. The van der Waals surface area contributed by atoms with Gasteiger partial charge in [-0.2, -0.15) is 5.10 Å². The Morgan fingerprint density at radius 1 is 1.40 bits per heavy atom. The number of hydrogen-bond donors (Lipinski definition) is 1. The first-order valence-corrected chi connectivity index (χ1v) is 6.79. The second-order valence-electron chi connectivity index (χ2n) is 5.22. The first kappa shape index (κ1) is 12.7. The minimum absolute atomic E-state index is 0.0335. The fraction of sp³-hybridized carbons (Fsp3) is 0.333. The SMILES string of the molecule is Cn1ncc(N)c1C(=O)N(Cc1ccccc1)C1CC1. The Hall–Kier alpha value is -2.30. The van der Waals surface area contributed by atoms with E-state index >= 15 is 0 Å². The molecule has 1 fully saturated rings. The monoisotopic (exact) mass is 270 g/mol. The highest BCUT2D eigenvalue weighted by Crippen LogP contribution is 2.30. The minimum atomic E-state index is -0.0335. The lowest BCUT2D eigenvalue weighted by atomic mass is 10.2. The molecule has 5 heteroatoms. The highest BCUT2D eigenvalue weighted by Gasteiger charge is 2.34. The number of nitrogen functional groups attached to an aromatic ring is 1. The molecule has 2 N–H and O–H groups in total. The van der Waals surface area contributed by atoms with Crippen molar-refractivity contribution >= 4 is 11.6 Å². The van der Waals surface area contributed by atoms with Gasteiger partial charge in [-0.3, -0.25) is 9.48 Å². The number of aryl methyl sites for hydroxylation is 1. The van der Waals surface area contributed by atoms with Gasteiger partial charge in [0, 0.05) is 19.6 Å². The Kier molecular flexibility index (Phi) is 3.18. The maximum atomic E-state index is 12.7. The number of anilines is 1. The van der Waals surface area contributed by atoms with E-state index in [0.29, 0.717) is 24.0 Å². The summed E-state index contributed by atoms with van der Waals surface area (Å²) in [5.41, 5.74) is 7.92. The molecule has 0 bridgehead atoms. The summed E-state index contributed by atoms with van der Waals surface area (Å²) in [5.74, 6) is -0.0335. The van der Waals surface area contributed by atoms with Gasteiger partial charge >= 0.3 is 0 Å². The van der Waals surface area contributed by atoms with E-state index in [1.54, 1.807) is 11.7 Å². The number of nitrogens with two attached hydrogens (primary N) is 1. The number of benzene rings is 1. The molecule has 0 unspecified atom stereocenters. The summed E-state index contributed by atoms with van der Waals surface area (Å²) in [7, 11) is 1.75. The second kappa shape index (κ2) is 5.00. The molecule has 3 rings (SSSR count). The van der Waals surface area contributed by atoms with Crippen LogP contribution in [0.1, 0.15) is 28.9 Å². The van der Waals surface area contributed by atoms with Crippen molar-refractivity contribution in [2.24, 2.45) is 7.05 Å². The van der Waals surface area contributed by atoms with Crippen LogP contribution in [0.3, 0.4) is 0 Å². The number of rotatable bonds is 4. The van der Waals surface area contributed by atoms with E-state index in [0.717, 1.165) is 18.4 Å². The number of amides is 1. The molecule has 0 spiro atoms. The number of aromatic nitrogens is 2. The summed E-state index contributed by atoms with van der Waals surface area (Å²) >= 11 is 0. The van der Waals surface area contributed by atoms with E-state index in [-0.39, 0.29) is 5.91 Å². The Labute approximate surface area is 118 Å². The van der Waals surface area contributed by atoms with Crippen LogP contribution in [0.25, 0.3) is 0 Å². The zero-order valence-corrected chi connectivity index (χ0v) is 11.5. The molecule has 2 aromatic rings. The van der Waals surface area contributed by atoms with Crippen molar-refractivity contribution in [2.45, 2.75) is 25.4 Å². The van der Waals surface area contributed by atoms with Crippen molar-refractivity contribution < 1.29 is 4.79 Å². The standard InChI is InChI=1S/C15H18N4O/c1-18-14(13(16)9-17-18)15(20)19(12-7-8-12)10-11-5-3-2-4-6-11/h2-6,9,12H,7-8,10,16H2,1H3. The van der Waals surface area contributed by atoms with Crippen molar-refractivity contribution in [3.8, 4) is 0 Å².